The van der Waals surface area contributed by atoms with Crippen molar-refractivity contribution in [1.82, 2.24) is 5.32 Å². The summed E-state index contributed by atoms with van der Waals surface area (Å²) in [7, 11) is 0. The Balaban J connectivity index is 2.00. The minimum absolute atomic E-state index is 0.0249. The lowest BCUT2D eigenvalue weighted by atomic mass is 9.86. The molecule has 0 fully saturated rings. The molecule has 22 heavy (non-hydrogen) atoms. The van der Waals surface area contributed by atoms with Gasteiger partial charge in [-0.15, -0.1) is 0 Å². The number of amides is 1. The van der Waals surface area contributed by atoms with Gasteiger partial charge in [-0.2, -0.15) is 0 Å². The highest BCUT2D eigenvalue weighted by molar-refractivity contribution is 6.42. The van der Waals surface area contributed by atoms with Gasteiger partial charge in [0, 0.05) is 12.1 Å². The fraction of sp³-hybridized carbons (Fsp3) is 0.263. The quantitative estimate of drug-likeness (QED) is 0.693. The van der Waals surface area contributed by atoms with Crippen LogP contribution in [0.3, 0.4) is 0 Å². The average Bonchev–Trinajstić information content (AvgIpc) is 2.52. The molecule has 0 heterocycles. The molecule has 0 unspecified atom stereocenters. The number of hydrogen-bond acceptors (Lipinski definition) is 2. The number of ketones is 1. The summed E-state index contributed by atoms with van der Waals surface area (Å²) in [4.78, 5) is 24.1. The van der Waals surface area contributed by atoms with E-state index in [0.717, 1.165) is 11.1 Å². The van der Waals surface area contributed by atoms with Crippen LogP contribution in [0.1, 0.15) is 42.3 Å². The number of benzene rings is 2. The van der Waals surface area contributed by atoms with Gasteiger partial charge < -0.3 is 5.32 Å². The van der Waals surface area contributed by atoms with Gasteiger partial charge in [-0.05, 0) is 16.5 Å². The first-order chi connectivity index (χ1) is 10.4. The maximum atomic E-state index is 12.1. The second kappa shape index (κ2) is 6.56. The topological polar surface area (TPSA) is 46.2 Å². The minimum Gasteiger partial charge on any atom is -0.345 e. The Kier molecular flexibility index (Phi) is 4.76. The summed E-state index contributed by atoms with van der Waals surface area (Å²) in [6.07, 6.45) is 0. The first-order valence-corrected chi connectivity index (χ1v) is 7.35. The molecule has 1 amide bonds. The third-order valence-corrected chi connectivity index (χ3v) is 3.52. The molecule has 0 saturated heterocycles. The highest BCUT2D eigenvalue weighted by Crippen LogP contribution is 2.22. The molecule has 2 aromatic carbocycles. The summed E-state index contributed by atoms with van der Waals surface area (Å²) in [5.74, 6) is -1.08. The SMILES string of the molecule is CC(C)(C)c1ccc(C(=O)C(=O)NCc2ccccc2)cc1. The standard InChI is InChI=1S/C19H21NO2/c1-19(2,3)16-11-9-15(10-12-16)17(21)18(22)20-13-14-7-5-4-6-8-14/h4-12H,13H2,1-3H3,(H,20,22). The first kappa shape index (κ1) is 16.0. The van der Waals surface area contributed by atoms with Crippen molar-refractivity contribution in [2.24, 2.45) is 0 Å². The van der Waals surface area contributed by atoms with E-state index in [-0.39, 0.29) is 5.41 Å². The van der Waals surface area contributed by atoms with E-state index in [1.54, 1.807) is 12.1 Å². The zero-order chi connectivity index (χ0) is 16.2. The van der Waals surface area contributed by atoms with Gasteiger partial charge in [0.25, 0.3) is 5.91 Å². The fourth-order valence-electron chi connectivity index (χ4n) is 2.11. The smallest absolute Gasteiger partial charge is 0.292 e. The minimum atomic E-state index is -0.577. The van der Waals surface area contributed by atoms with Crippen LogP contribution in [0.15, 0.2) is 54.6 Å². The monoisotopic (exact) mass is 295 g/mol. The van der Waals surface area contributed by atoms with Gasteiger partial charge in [0.1, 0.15) is 0 Å². The van der Waals surface area contributed by atoms with Crippen LogP contribution in [0.2, 0.25) is 0 Å². The lowest BCUT2D eigenvalue weighted by molar-refractivity contribution is -0.117. The molecule has 3 heteroatoms. The molecular weight excluding hydrogens is 274 g/mol. The van der Waals surface area contributed by atoms with Crippen LogP contribution in [0.25, 0.3) is 0 Å². The second-order valence-corrected chi connectivity index (χ2v) is 6.32. The normalized spacial score (nSPS) is 11.0. The molecular formula is C19H21NO2. The van der Waals surface area contributed by atoms with Gasteiger partial charge in [0.15, 0.2) is 0 Å². The summed E-state index contributed by atoms with van der Waals surface area (Å²) >= 11 is 0. The molecule has 0 atom stereocenters. The Bertz CT molecular complexity index is 652. The second-order valence-electron chi connectivity index (χ2n) is 6.32. The van der Waals surface area contributed by atoms with E-state index in [4.69, 9.17) is 0 Å². The van der Waals surface area contributed by atoms with Crippen molar-refractivity contribution in [1.29, 1.82) is 0 Å². The molecule has 1 N–H and O–H groups in total. The number of rotatable bonds is 4. The van der Waals surface area contributed by atoms with E-state index >= 15 is 0 Å². The number of nitrogens with one attached hydrogen (secondary N) is 1. The Morgan fingerprint density at radius 2 is 1.50 bits per heavy atom. The number of hydrogen-bond donors (Lipinski definition) is 1. The molecule has 0 aliphatic carbocycles. The fourth-order valence-corrected chi connectivity index (χ4v) is 2.11. The van der Waals surface area contributed by atoms with Crippen LogP contribution in [0.5, 0.6) is 0 Å². The highest BCUT2D eigenvalue weighted by Gasteiger charge is 2.18. The van der Waals surface area contributed by atoms with Gasteiger partial charge in [-0.1, -0.05) is 75.4 Å². The van der Waals surface area contributed by atoms with Crippen molar-refractivity contribution in [3.8, 4) is 0 Å². The molecule has 2 rings (SSSR count). The van der Waals surface area contributed by atoms with E-state index in [0.29, 0.717) is 12.1 Å². The van der Waals surface area contributed by atoms with Gasteiger partial charge in [-0.3, -0.25) is 9.59 Å². The molecule has 0 aromatic heterocycles. The van der Waals surface area contributed by atoms with E-state index in [1.165, 1.54) is 0 Å². The predicted octanol–water partition coefficient (Wildman–Crippen LogP) is 3.48. The van der Waals surface area contributed by atoms with E-state index in [9.17, 15) is 9.59 Å². The van der Waals surface area contributed by atoms with E-state index in [1.807, 2.05) is 42.5 Å². The van der Waals surface area contributed by atoms with Crippen LogP contribution < -0.4 is 5.32 Å². The van der Waals surface area contributed by atoms with Crippen molar-refractivity contribution >= 4 is 11.7 Å². The Morgan fingerprint density at radius 3 is 2.05 bits per heavy atom. The van der Waals surface area contributed by atoms with Crippen molar-refractivity contribution in [3.63, 3.8) is 0 Å². The van der Waals surface area contributed by atoms with Crippen molar-refractivity contribution < 1.29 is 9.59 Å². The zero-order valence-corrected chi connectivity index (χ0v) is 13.2. The van der Waals surface area contributed by atoms with Gasteiger partial charge in [-0.25, -0.2) is 0 Å². The molecule has 0 saturated carbocycles. The molecule has 114 valence electrons. The van der Waals surface area contributed by atoms with Gasteiger partial charge in [0.2, 0.25) is 5.78 Å². The summed E-state index contributed by atoms with van der Waals surface area (Å²) in [6, 6.07) is 16.7. The van der Waals surface area contributed by atoms with Gasteiger partial charge in [0.05, 0.1) is 0 Å². The molecule has 0 aliphatic rings. The third kappa shape index (κ3) is 4.04. The predicted molar refractivity (Wildman–Crippen MR) is 87.8 cm³/mol. The van der Waals surface area contributed by atoms with Crippen molar-refractivity contribution in [2.75, 3.05) is 0 Å². The average molecular weight is 295 g/mol. The Morgan fingerprint density at radius 1 is 0.909 bits per heavy atom. The maximum Gasteiger partial charge on any atom is 0.292 e. The van der Waals surface area contributed by atoms with Crippen LogP contribution in [-0.4, -0.2) is 11.7 Å². The summed E-state index contributed by atoms with van der Waals surface area (Å²) in [5, 5.41) is 2.65. The molecule has 2 aromatic rings. The number of carbonyl (C=O) groups is 2. The molecule has 0 radical (unpaired) electrons. The summed E-state index contributed by atoms with van der Waals surface area (Å²) in [6.45, 7) is 6.68. The molecule has 0 bridgehead atoms. The maximum absolute atomic E-state index is 12.1. The van der Waals surface area contributed by atoms with Crippen molar-refractivity contribution in [3.05, 3.63) is 71.3 Å². The van der Waals surface area contributed by atoms with E-state index in [2.05, 4.69) is 26.1 Å². The van der Waals surface area contributed by atoms with Crippen LogP contribution in [-0.2, 0) is 16.8 Å². The van der Waals surface area contributed by atoms with Crippen LogP contribution in [0.4, 0.5) is 0 Å². The summed E-state index contributed by atoms with van der Waals surface area (Å²) in [5.41, 5.74) is 2.54. The zero-order valence-electron chi connectivity index (χ0n) is 13.2. The largest absolute Gasteiger partial charge is 0.345 e. The lowest BCUT2D eigenvalue weighted by Gasteiger charge is -2.18. The number of Topliss-reactive ketones (excluding diaryl/α,β-unsaturated/α-hetero) is 1. The summed E-state index contributed by atoms with van der Waals surface area (Å²) < 4.78 is 0. The third-order valence-electron chi connectivity index (χ3n) is 3.52. The van der Waals surface area contributed by atoms with Crippen LogP contribution in [0, 0.1) is 0 Å². The Hall–Kier alpha value is -2.42. The first-order valence-electron chi connectivity index (χ1n) is 7.35. The molecule has 0 spiro atoms. The van der Waals surface area contributed by atoms with Crippen LogP contribution >= 0.6 is 0 Å². The Labute approximate surface area is 131 Å². The molecule has 0 aliphatic heterocycles. The highest BCUT2D eigenvalue weighted by atomic mass is 16.2. The molecule has 3 nitrogen and oxygen atoms in total. The van der Waals surface area contributed by atoms with E-state index < -0.39 is 11.7 Å². The lowest BCUT2D eigenvalue weighted by Crippen LogP contribution is -2.30. The number of carbonyl (C=O) groups excluding carboxylic acids is 2. The van der Waals surface area contributed by atoms with Gasteiger partial charge >= 0.3 is 0 Å². The van der Waals surface area contributed by atoms with Crippen molar-refractivity contribution in [2.45, 2.75) is 32.7 Å².